The van der Waals surface area contributed by atoms with Crippen molar-refractivity contribution in [3.63, 3.8) is 0 Å². The Morgan fingerprint density at radius 1 is 0.889 bits per heavy atom. The van der Waals surface area contributed by atoms with Crippen LogP contribution in [-0.4, -0.2) is 55.1 Å². The van der Waals surface area contributed by atoms with Crippen LogP contribution in [-0.2, 0) is 21.4 Å². The first-order valence-electron chi connectivity index (χ1n) is 11.6. The number of rotatable bonds is 6. The van der Waals surface area contributed by atoms with E-state index in [-0.39, 0.29) is 42.9 Å². The lowest BCUT2D eigenvalue weighted by Crippen LogP contribution is -2.61. The molecule has 1 aliphatic heterocycles. The Balaban J connectivity index is 1.38. The van der Waals surface area contributed by atoms with Gasteiger partial charge in [0.2, 0.25) is 15.9 Å². The molecule has 1 atom stereocenters. The van der Waals surface area contributed by atoms with Crippen LogP contribution in [0.4, 0.5) is 0 Å². The fourth-order valence-electron chi connectivity index (χ4n) is 4.38. The summed E-state index contributed by atoms with van der Waals surface area (Å²) < 4.78 is 27.8. The Bertz CT molecular complexity index is 1490. The van der Waals surface area contributed by atoms with Gasteiger partial charge in [0.25, 0.3) is 5.91 Å². The van der Waals surface area contributed by atoms with Crippen molar-refractivity contribution in [3.8, 4) is 0 Å². The van der Waals surface area contributed by atoms with Crippen molar-refractivity contribution in [2.75, 3.05) is 19.6 Å². The van der Waals surface area contributed by atoms with Crippen molar-refractivity contribution in [1.82, 2.24) is 14.5 Å². The average Bonchev–Trinajstić information content (AvgIpc) is 3.46. The number of hydrogen-bond acceptors (Lipinski definition) is 5. The van der Waals surface area contributed by atoms with Gasteiger partial charge in [-0.05, 0) is 46.0 Å². The summed E-state index contributed by atoms with van der Waals surface area (Å²) >= 11 is 1.30. The molecule has 1 fully saturated rings. The van der Waals surface area contributed by atoms with Gasteiger partial charge in [0.15, 0.2) is 0 Å². The predicted octanol–water partition coefficient (Wildman–Crippen LogP) is 3.73. The molecule has 4 aromatic rings. The average molecular weight is 520 g/mol. The van der Waals surface area contributed by atoms with E-state index in [1.165, 1.54) is 32.7 Å². The van der Waals surface area contributed by atoms with E-state index in [9.17, 15) is 18.0 Å². The number of sulfonamides is 1. The van der Waals surface area contributed by atoms with Gasteiger partial charge in [-0.2, -0.15) is 4.31 Å². The third kappa shape index (κ3) is 4.90. The molecule has 7 nitrogen and oxygen atoms in total. The highest BCUT2D eigenvalue weighted by Gasteiger charge is 2.40. The zero-order valence-electron chi connectivity index (χ0n) is 19.4. The molecule has 5 rings (SSSR count). The van der Waals surface area contributed by atoms with Crippen LogP contribution in [0.5, 0.6) is 0 Å². The second-order valence-electron chi connectivity index (χ2n) is 8.57. The highest BCUT2D eigenvalue weighted by atomic mass is 32.2. The molecular weight excluding hydrogens is 494 g/mol. The van der Waals surface area contributed by atoms with Crippen LogP contribution < -0.4 is 5.32 Å². The standard InChI is InChI=1S/C27H25N3O4S2/c31-26(28-18-20-12-13-21-7-4-5-8-22(21)17-20)24-19-29(36(33,34)23-9-2-1-3-10-23)14-15-30(24)27(32)25-11-6-16-35-25/h1-13,16-17,24H,14-15,18-19H2,(H,28,31). The molecule has 1 aliphatic rings. The maximum absolute atomic E-state index is 13.4. The number of nitrogens with zero attached hydrogens (tertiary/aromatic N) is 2. The molecule has 1 aromatic heterocycles. The van der Waals surface area contributed by atoms with Crippen molar-refractivity contribution in [1.29, 1.82) is 0 Å². The minimum Gasteiger partial charge on any atom is -0.350 e. The molecule has 3 aromatic carbocycles. The number of carbonyl (C=O) groups excluding carboxylic acids is 2. The Hall–Kier alpha value is -3.53. The van der Waals surface area contributed by atoms with Gasteiger partial charge in [0, 0.05) is 26.2 Å². The minimum absolute atomic E-state index is 0.113. The molecule has 0 bridgehead atoms. The van der Waals surface area contributed by atoms with Crippen LogP contribution in [0, 0.1) is 0 Å². The van der Waals surface area contributed by atoms with Gasteiger partial charge in [-0.15, -0.1) is 11.3 Å². The Kier molecular flexibility index (Phi) is 6.86. The third-order valence-corrected chi connectivity index (χ3v) is 9.04. The molecule has 1 saturated heterocycles. The summed E-state index contributed by atoms with van der Waals surface area (Å²) in [6.07, 6.45) is 0. The first-order valence-corrected chi connectivity index (χ1v) is 13.9. The van der Waals surface area contributed by atoms with Crippen LogP contribution in [0.3, 0.4) is 0 Å². The van der Waals surface area contributed by atoms with Gasteiger partial charge in [-0.1, -0.05) is 60.7 Å². The highest BCUT2D eigenvalue weighted by molar-refractivity contribution is 7.89. The fourth-order valence-corrected chi connectivity index (χ4v) is 6.52. The predicted molar refractivity (Wildman–Crippen MR) is 140 cm³/mol. The largest absolute Gasteiger partial charge is 0.350 e. The molecule has 0 aliphatic carbocycles. The van der Waals surface area contributed by atoms with E-state index in [0.717, 1.165) is 16.3 Å². The number of fused-ring (bicyclic) bond motifs is 1. The van der Waals surface area contributed by atoms with E-state index in [1.54, 1.807) is 35.7 Å². The molecule has 184 valence electrons. The highest BCUT2D eigenvalue weighted by Crippen LogP contribution is 2.23. The van der Waals surface area contributed by atoms with Gasteiger partial charge >= 0.3 is 0 Å². The second kappa shape index (κ2) is 10.2. The van der Waals surface area contributed by atoms with Crippen molar-refractivity contribution < 1.29 is 18.0 Å². The lowest BCUT2D eigenvalue weighted by molar-refractivity contribution is -0.127. The van der Waals surface area contributed by atoms with Gasteiger partial charge in [-0.25, -0.2) is 8.42 Å². The van der Waals surface area contributed by atoms with E-state index >= 15 is 0 Å². The second-order valence-corrected chi connectivity index (χ2v) is 11.5. The van der Waals surface area contributed by atoms with Crippen molar-refractivity contribution >= 4 is 43.9 Å². The Labute approximate surface area is 214 Å². The Morgan fingerprint density at radius 2 is 1.64 bits per heavy atom. The normalized spacial score (nSPS) is 16.7. The summed E-state index contributed by atoms with van der Waals surface area (Å²) in [4.78, 5) is 28.8. The topological polar surface area (TPSA) is 86.8 Å². The number of nitrogens with one attached hydrogen (secondary N) is 1. The quantitative estimate of drug-likeness (QED) is 0.421. The molecule has 36 heavy (non-hydrogen) atoms. The number of hydrogen-bond donors (Lipinski definition) is 1. The van der Waals surface area contributed by atoms with Crippen LogP contribution in [0.2, 0.25) is 0 Å². The summed E-state index contributed by atoms with van der Waals surface area (Å²) in [5.41, 5.74) is 0.919. The molecule has 2 amide bonds. The van der Waals surface area contributed by atoms with Crippen molar-refractivity contribution in [3.05, 3.63) is 101 Å². The summed E-state index contributed by atoms with van der Waals surface area (Å²) in [6.45, 7) is 0.393. The zero-order valence-corrected chi connectivity index (χ0v) is 21.0. The summed E-state index contributed by atoms with van der Waals surface area (Å²) in [6, 6.07) is 24.6. The van der Waals surface area contributed by atoms with Crippen LogP contribution in [0.15, 0.2) is 95.2 Å². The summed E-state index contributed by atoms with van der Waals surface area (Å²) in [5, 5.41) is 6.90. The van der Waals surface area contributed by atoms with Crippen molar-refractivity contribution in [2.24, 2.45) is 0 Å². The number of piperazine rings is 1. The van der Waals surface area contributed by atoms with Gasteiger partial charge < -0.3 is 10.2 Å². The maximum atomic E-state index is 13.4. The zero-order chi connectivity index (χ0) is 25.1. The van der Waals surface area contributed by atoms with Gasteiger partial charge in [0.1, 0.15) is 6.04 Å². The maximum Gasteiger partial charge on any atom is 0.264 e. The first kappa shape index (κ1) is 24.2. The molecule has 0 spiro atoms. The van der Waals surface area contributed by atoms with E-state index < -0.39 is 16.1 Å². The van der Waals surface area contributed by atoms with E-state index in [4.69, 9.17) is 0 Å². The van der Waals surface area contributed by atoms with Gasteiger partial charge in [0.05, 0.1) is 9.77 Å². The van der Waals surface area contributed by atoms with E-state index in [0.29, 0.717) is 4.88 Å². The minimum atomic E-state index is -3.80. The SMILES string of the molecule is O=C(NCc1ccc2ccccc2c1)C1CN(S(=O)(=O)c2ccccc2)CCN1C(=O)c1cccs1. The molecule has 0 radical (unpaired) electrons. The lowest BCUT2D eigenvalue weighted by atomic mass is 10.1. The smallest absolute Gasteiger partial charge is 0.264 e. The molecule has 2 heterocycles. The molecular formula is C27H25N3O4S2. The van der Waals surface area contributed by atoms with Crippen LogP contribution in [0.1, 0.15) is 15.2 Å². The van der Waals surface area contributed by atoms with Crippen molar-refractivity contribution in [2.45, 2.75) is 17.5 Å². The molecule has 0 saturated carbocycles. The van der Waals surface area contributed by atoms with E-state index in [2.05, 4.69) is 5.32 Å². The van der Waals surface area contributed by atoms with Crippen LogP contribution in [0.25, 0.3) is 10.8 Å². The lowest BCUT2D eigenvalue weighted by Gasteiger charge is -2.39. The molecule has 9 heteroatoms. The number of thiophene rings is 1. The third-order valence-electron chi connectivity index (χ3n) is 6.30. The number of carbonyl (C=O) groups is 2. The van der Waals surface area contributed by atoms with Gasteiger partial charge in [-0.3, -0.25) is 9.59 Å². The summed E-state index contributed by atoms with van der Waals surface area (Å²) in [5.74, 6) is -0.659. The molecule has 1 unspecified atom stereocenters. The summed E-state index contributed by atoms with van der Waals surface area (Å²) in [7, 11) is -3.80. The first-order chi connectivity index (χ1) is 17.4. The number of amides is 2. The van der Waals surface area contributed by atoms with E-state index in [1.807, 2.05) is 42.5 Å². The monoisotopic (exact) mass is 519 g/mol. The molecule has 1 N–H and O–H groups in total. The Morgan fingerprint density at radius 3 is 2.39 bits per heavy atom. The number of benzene rings is 3. The fraction of sp³-hybridized carbons (Fsp3) is 0.185. The van der Waals surface area contributed by atoms with Crippen LogP contribution >= 0.6 is 11.3 Å².